The van der Waals surface area contributed by atoms with Crippen molar-refractivity contribution in [1.29, 1.82) is 5.41 Å². The maximum Gasteiger partial charge on any atom is 0.336 e. The number of nitrogens with two attached hydrogens (primary N) is 1. The first kappa shape index (κ1) is 27.3. The van der Waals surface area contributed by atoms with Gasteiger partial charge in [0.25, 0.3) is 5.91 Å². The molecule has 0 bridgehead atoms. The second-order valence-electron chi connectivity index (χ2n) is 10.1. The molecule has 6 N–H and O–H groups in total. The van der Waals surface area contributed by atoms with Gasteiger partial charge in [-0.05, 0) is 77.6 Å². The van der Waals surface area contributed by atoms with Crippen LogP contribution in [-0.2, 0) is 6.54 Å². The summed E-state index contributed by atoms with van der Waals surface area (Å²) in [5.41, 5.74) is 12.8. The standard InChI is InChI=1S/C33H31N5O3/c1-3-23(29-18-37-30-16-21(31(34)35)5-9-26(29)30)24-8-6-22(32(39)38-17-20-10-12-36-13-11-20)15-27(24)25-7-4-19(2)14-28(25)33(40)41/h4-16,18,23,37H,3,17H2,1-2H3,(H3,34,35)(H,38,39)(H,40,41). The number of benzene rings is 3. The Morgan fingerprint density at radius 1 is 0.976 bits per heavy atom. The van der Waals surface area contributed by atoms with E-state index in [0.717, 1.165) is 39.6 Å². The fourth-order valence-electron chi connectivity index (χ4n) is 5.30. The van der Waals surface area contributed by atoms with Gasteiger partial charge >= 0.3 is 5.97 Å². The van der Waals surface area contributed by atoms with E-state index in [1.807, 2.05) is 61.7 Å². The van der Waals surface area contributed by atoms with Crippen molar-refractivity contribution < 1.29 is 14.7 Å². The molecule has 2 heterocycles. The fraction of sp³-hybridized carbons (Fsp3) is 0.152. The second kappa shape index (κ2) is 11.5. The molecule has 1 unspecified atom stereocenters. The summed E-state index contributed by atoms with van der Waals surface area (Å²) in [5.74, 6) is -1.39. The summed E-state index contributed by atoms with van der Waals surface area (Å²) in [6.07, 6.45) is 6.04. The molecule has 0 aliphatic heterocycles. The number of carboxylic acid groups (broad SMARTS) is 1. The maximum atomic E-state index is 13.2. The average Bonchev–Trinajstić information content (AvgIpc) is 3.40. The second-order valence-corrected chi connectivity index (χ2v) is 10.1. The number of aromatic carboxylic acids is 1. The van der Waals surface area contributed by atoms with E-state index in [9.17, 15) is 14.7 Å². The quantitative estimate of drug-likeness (QED) is 0.114. The van der Waals surface area contributed by atoms with Gasteiger partial charge in [-0.15, -0.1) is 0 Å². The van der Waals surface area contributed by atoms with Crippen LogP contribution in [0.2, 0.25) is 0 Å². The highest BCUT2D eigenvalue weighted by Gasteiger charge is 2.24. The number of aryl methyl sites for hydroxylation is 1. The molecule has 0 saturated heterocycles. The first-order valence-corrected chi connectivity index (χ1v) is 13.4. The number of carboxylic acids is 1. The van der Waals surface area contributed by atoms with Gasteiger partial charge in [-0.1, -0.05) is 42.8 Å². The van der Waals surface area contributed by atoms with Crippen LogP contribution in [0.4, 0.5) is 0 Å². The van der Waals surface area contributed by atoms with Gasteiger partial charge in [-0.25, -0.2) is 4.79 Å². The molecule has 5 rings (SSSR count). The lowest BCUT2D eigenvalue weighted by molar-refractivity contribution is 0.0697. The van der Waals surface area contributed by atoms with E-state index < -0.39 is 5.97 Å². The van der Waals surface area contributed by atoms with Gasteiger partial charge in [0.05, 0.1) is 5.56 Å². The number of carbonyl (C=O) groups excluding carboxylic acids is 1. The van der Waals surface area contributed by atoms with Crippen molar-refractivity contribution in [2.45, 2.75) is 32.7 Å². The topological polar surface area (TPSA) is 145 Å². The van der Waals surface area contributed by atoms with Gasteiger partial charge in [-0.3, -0.25) is 15.2 Å². The lowest BCUT2D eigenvalue weighted by Crippen LogP contribution is -2.23. The number of carbonyl (C=O) groups is 2. The molecule has 206 valence electrons. The summed E-state index contributed by atoms with van der Waals surface area (Å²) in [5, 5.41) is 21.8. The number of aromatic amines is 1. The first-order chi connectivity index (χ1) is 19.8. The molecule has 1 atom stereocenters. The number of amides is 1. The predicted octanol–water partition coefficient (Wildman–Crippen LogP) is 5.99. The fourth-order valence-corrected chi connectivity index (χ4v) is 5.30. The molecule has 1 amide bonds. The number of rotatable bonds is 9. The van der Waals surface area contributed by atoms with Gasteiger partial charge in [0.1, 0.15) is 5.84 Å². The lowest BCUT2D eigenvalue weighted by atomic mass is 9.82. The van der Waals surface area contributed by atoms with Crippen LogP contribution in [0, 0.1) is 12.3 Å². The molecule has 0 aliphatic rings. The van der Waals surface area contributed by atoms with E-state index in [4.69, 9.17) is 11.1 Å². The van der Waals surface area contributed by atoms with Gasteiger partial charge in [0.2, 0.25) is 0 Å². The zero-order chi connectivity index (χ0) is 29.1. The molecule has 41 heavy (non-hydrogen) atoms. The van der Waals surface area contributed by atoms with Crippen molar-refractivity contribution in [3.05, 3.63) is 124 Å². The van der Waals surface area contributed by atoms with Crippen LogP contribution in [-0.4, -0.2) is 32.8 Å². The number of fused-ring (bicyclic) bond motifs is 1. The van der Waals surface area contributed by atoms with Crippen molar-refractivity contribution in [2.24, 2.45) is 5.73 Å². The lowest BCUT2D eigenvalue weighted by Gasteiger charge is -2.21. The van der Waals surface area contributed by atoms with E-state index in [1.54, 1.807) is 30.6 Å². The summed E-state index contributed by atoms with van der Waals surface area (Å²) in [7, 11) is 0. The summed E-state index contributed by atoms with van der Waals surface area (Å²) in [4.78, 5) is 32.9. The van der Waals surface area contributed by atoms with Crippen molar-refractivity contribution in [3.63, 3.8) is 0 Å². The number of nitrogen functional groups attached to an aromatic ring is 1. The number of nitrogens with zero attached hydrogens (tertiary/aromatic N) is 1. The first-order valence-electron chi connectivity index (χ1n) is 13.4. The molecule has 5 aromatic rings. The largest absolute Gasteiger partial charge is 0.478 e. The third kappa shape index (κ3) is 5.58. The molecular formula is C33H31N5O3. The van der Waals surface area contributed by atoms with Crippen LogP contribution in [0.5, 0.6) is 0 Å². The third-order valence-corrected chi connectivity index (χ3v) is 7.40. The van der Waals surface area contributed by atoms with E-state index in [1.165, 1.54) is 0 Å². The van der Waals surface area contributed by atoms with E-state index in [2.05, 4.69) is 22.2 Å². The minimum atomic E-state index is -1.03. The molecule has 0 radical (unpaired) electrons. The number of hydrogen-bond acceptors (Lipinski definition) is 4. The molecule has 8 nitrogen and oxygen atoms in total. The summed E-state index contributed by atoms with van der Waals surface area (Å²) < 4.78 is 0. The third-order valence-electron chi connectivity index (χ3n) is 7.40. The van der Waals surface area contributed by atoms with Crippen molar-refractivity contribution in [1.82, 2.24) is 15.3 Å². The minimum Gasteiger partial charge on any atom is -0.478 e. The zero-order valence-corrected chi connectivity index (χ0v) is 22.9. The number of hydrogen-bond donors (Lipinski definition) is 5. The highest BCUT2D eigenvalue weighted by Crippen LogP contribution is 2.40. The number of amidine groups is 1. The number of aromatic nitrogens is 2. The van der Waals surface area contributed by atoms with Crippen molar-refractivity contribution in [3.8, 4) is 11.1 Å². The van der Waals surface area contributed by atoms with E-state index in [-0.39, 0.29) is 23.2 Å². The Kier molecular flexibility index (Phi) is 7.65. The van der Waals surface area contributed by atoms with Crippen LogP contribution in [0.3, 0.4) is 0 Å². The summed E-state index contributed by atoms with van der Waals surface area (Å²) in [6.45, 7) is 4.29. The van der Waals surface area contributed by atoms with Crippen LogP contribution in [0.15, 0.2) is 85.3 Å². The zero-order valence-electron chi connectivity index (χ0n) is 22.9. The monoisotopic (exact) mass is 545 g/mol. The normalized spacial score (nSPS) is 11.8. The maximum absolute atomic E-state index is 13.2. The number of H-pyrrole nitrogens is 1. The Hall–Kier alpha value is -5.24. The van der Waals surface area contributed by atoms with Crippen LogP contribution < -0.4 is 11.1 Å². The number of pyridine rings is 1. The number of nitrogens with one attached hydrogen (secondary N) is 3. The van der Waals surface area contributed by atoms with Crippen LogP contribution in [0.1, 0.15) is 67.8 Å². The Balaban J connectivity index is 1.63. The summed E-state index contributed by atoms with van der Waals surface area (Å²) >= 11 is 0. The SMILES string of the molecule is CCC(c1ccc(C(=O)NCc2ccncc2)cc1-c1ccc(C)cc1C(=O)O)c1c[nH]c2cc(C(=N)N)ccc12. The molecule has 2 aromatic heterocycles. The van der Waals surface area contributed by atoms with Gasteiger partial charge in [0.15, 0.2) is 0 Å². The van der Waals surface area contributed by atoms with Crippen LogP contribution >= 0.6 is 0 Å². The average molecular weight is 546 g/mol. The minimum absolute atomic E-state index is 0.00394. The Morgan fingerprint density at radius 2 is 1.73 bits per heavy atom. The van der Waals surface area contributed by atoms with Crippen LogP contribution in [0.25, 0.3) is 22.0 Å². The summed E-state index contributed by atoms with van der Waals surface area (Å²) in [6, 6.07) is 20.2. The molecular weight excluding hydrogens is 514 g/mol. The molecule has 3 aromatic carbocycles. The van der Waals surface area contributed by atoms with Gasteiger partial charge in [0, 0.05) is 53.1 Å². The molecule has 0 fully saturated rings. The van der Waals surface area contributed by atoms with E-state index in [0.29, 0.717) is 28.8 Å². The van der Waals surface area contributed by atoms with Crippen molar-refractivity contribution >= 4 is 28.6 Å². The highest BCUT2D eigenvalue weighted by atomic mass is 16.4. The van der Waals surface area contributed by atoms with E-state index >= 15 is 0 Å². The Morgan fingerprint density at radius 3 is 2.44 bits per heavy atom. The smallest absolute Gasteiger partial charge is 0.336 e. The van der Waals surface area contributed by atoms with Gasteiger partial charge in [-0.2, -0.15) is 0 Å². The molecule has 0 spiro atoms. The molecule has 0 saturated carbocycles. The Labute approximate surface area is 237 Å². The highest BCUT2D eigenvalue weighted by molar-refractivity contribution is 6.01. The van der Waals surface area contributed by atoms with Gasteiger partial charge < -0.3 is 21.1 Å². The molecule has 0 aliphatic carbocycles. The van der Waals surface area contributed by atoms with Crippen molar-refractivity contribution in [2.75, 3.05) is 0 Å². The predicted molar refractivity (Wildman–Crippen MR) is 160 cm³/mol. The Bertz CT molecular complexity index is 1780. The molecule has 8 heteroatoms.